The number of para-hydroxylation sites is 1. The maximum Gasteiger partial charge on any atom is 0.164 e. The number of hydrogen-bond acceptors (Lipinski definition) is 4. The number of rotatable bonds is 5. The fraction of sp³-hybridized carbons (Fsp3) is 0. The summed E-state index contributed by atoms with van der Waals surface area (Å²) in [5.74, 6) is 1.98. The molecule has 0 bridgehead atoms. The topological polar surface area (TPSA) is 43.6 Å². The number of fused-ring (bicyclic) bond motifs is 12. The van der Waals surface area contributed by atoms with Crippen molar-refractivity contribution in [2.24, 2.45) is 0 Å². The van der Waals surface area contributed by atoms with Crippen molar-refractivity contribution in [2.45, 2.75) is 0 Å². The molecule has 0 amide bonds. The number of thiophene rings is 1. The zero-order valence-electron chi connectivity index (χ0n) is 33.3. The molecule has 13 rings (SSSR count). The Bertz CT molecular complexity index is 3830. The van der Waals surface area contributed by atoms with E-state index in [1.807, 2.05) is 47.7 Å². The molecule has 13 aromatic rings. The van der Waals surface area contributed by atoms with Crippen molar-refractivity contribution in [3.05, 3.63) is 206 Å². The van der Waals surface area contributed by atoms with Crippen LogP contribution in [0.1, 0.15) is 0 Å². The van der Waals surface area contributed by atoms with Crippen LogP contribution in [-0.4, -0.2) is 19.5 Å². The molecular formula is C57H34N4S. The lowest BCUT2D eigenvalue weighted by molar-refractivity contribution is 1.08. The molecule has 288 valence electrons. The van der Waals surface area contributed by atoms with E-state index in [1.54, 1.807) is 0 Å². The first-order chi connectivity index (χ1) is 30.7. The second-order valence-corrected chi connectivity index (χ2v) is 17.0. The summed E-state index contributed by atoms with van der Waals surface area (Å²) in [5.41, 5.74) is 8.78. The molecule has 0 unspecified atom stereocenters. The van der Waals surface area contributed by atoms with E-state index < -0.39 is 0 Å². The van der Waals surface area contributed by atoms with Crippen molar-refractivity contribution in [3.63, 3.8) is 0 Å². The zero-order valence-corrected chi connectivity index (χ0v) is 34.1. The van der Waals surface area contributed by atoms with Crippen LogP contribution in [0.4, 0.5) is 0 Å². The highest BCUT2D eigenvalue weighted by molar-refractivity contribution is 7.26. The summed E-state index contributed by atoms with van der Waals surface area (Å²) in [6.07, 6.45) is 0. The smallest absolute Gasteiger partial charge is 0.164 e. The van der Waals surface area contributed by atoms with Crippen LogP contribution < -0.4 is 0 Å². The van der Waals surface area contributed by atoms with Crippen LogP contribution in [0.5, 0.6) is 0 Å². The SMILES string of the molecule is c1ccc(-c2nc(-c3ccccc3)nc(-c3cccc4sc5ccc(-c6ccc7c(c6)c6ccccc6n7-c6ccc7c8ccccc8c8ccccc8c7c6)cc5c34)n2)cc1. The third kappa shape index (κ3) is 5.42. The van der Waals surface area contributed by atoms with Gasteiger partial charge in [-0.25, -0.2) is 15.0 Å². The summed E-state index contributed by atoms with van der Waals surface area (Å²) >= 11 is 1.81. The van der Waals surface area contributed by atoms with E-state index in [2.05, 4.69) is 174 Å². The molecule has 62 heavy (non-hydrogen) atoms. The standard InChI is InChI=1S/C57H34N4S/c1-3-14-35(15-4-1)55-58-56(36-16-5-2-6-17-36)60-57(59-55)46-23-13-25-53-54(46)49-33-38(27-31-52(49)62-53)37-26-30-51-48(32-37)45-22-11-12-24-50(45)61(51)39-28-29-44-42-20-8-7-18-40(42)41-19-9-10-21-43(41)47(44)34-39/h1-34H. The first-order valence-electron chi connectivity index (χ1n) is 20.9. The summed E-state index contributed by atoms with van der Waals surface area (Å²) in [7, 11) is 0. The highest BCUT2D eigenvalue weighted by Gasteiger charge is 2.19. The van der Waals surface area contributed by atoms with Gasteiger partial charge in [-0.2, -0.15) is 0 Å². The Hall–Kier alpha value is -7.99. The van der Waals surface area contributed by atoms with Crippen LogP contribution in [0.2, 0.25) is 0 Å². The number of nitrogens with zero attached hydrogens (tertiary/aromatic N) is 4. The van der Waals surface area contributed by atoms with Crippen LogP contribution in [-0.2, 0) is 0 Å². The quantitative estimate of drug-likeness (QED) is 0.163. The monoisotopic (exact) mass is 806 g/mol. The van der Waals surface area contributed by atoms with Gasteiger partial charge in [0.15, 0.2) is 17.5 Å². The zero-order chi connectivity index (χ0) is 40.7. The largest absolute Gasteiger partial charge is 0.309 e. The molecule has 0 N–H and O–H groups in total. The minimum atomic E-state index is 0.657. The van der Waals surface area contributed by atoms with Crippen molar-refractivity contribution < 1.29 is 0 Å². The van der Waals surface area contributed by atoms with Crippen LogP contribution >= 0.6 is 11.3 Å². The Balaban J connectivity index is 0.975. The van der Waals surface area contributed by atoms with Crippen molar-refractivity contribution in [1.29, 1.82) is 0 Å². The lowest BCUT2D eigenvalue weighted by Crippen LogP contribution is -2.00. The van der Waals surface area contributed by atoms with Gasteiger partial charge in [-0.05, 0) is 92.0 Å². The molecule has 3 heterocycles. The van der Waals surface area contributed by atoms with Crippen LogP contribution in [0.3, 0.4) is 0 Å². The van der Waals surface area contributed by atoms with E-state index in [0.29, 0.717) is 17.5 Å². The van der Waals surface area contributed by atoms with Gasteiger partial charge in [0.05, 0.1) is 11.0 Å². The summed E-state index contributed by atoms with van der Waals surface area (Å²) in [6, 6.07) is 74.0. The highest BCUT2D eigenvalue weighted by Crippen LogP contribution is 2.43. The third-order valence-electron chi connectivity index (χ3n) is 12.4. The maximum atomic E-state index is 5.13. The Labute approximate surface area is 360 Å². The van der Waals surface area contributed by atoms with Gasteiger partial charge in [-0.3, -0.25) is 0 Å². The van der Waals surface area contributed by atoms with Crippen molar-refractivity contribution in [2.75, 3.05) is 0 Å². The van der Waals surface area contributed by atoms with Gasteiger partial charge >= 0.3 is 0 Å². The van der Waals surface area contributed by atoms with E-state index in [4.69, 9.17) is 15.0 Å². The fourth-order valence-corrected chi connectivity index (χ4v) is 10.7. The molecule has 0 aliphatic rings. The predicted molar refractivity (Wildman–Crippen MR) is 261 cm³/mol. The van der Waals surface area contributed by atoms with E-state index in [9.17, 15) is 0 Å². The van der Waals surface area contributed by atoms with E-state index in [1.165, 1.54) is 80.0 Å². The molecule has 0 spiro atoms. The van der Waals surface area contributed by atoms with Crippen LogP contribution in [0.25, 0.3) is 125 Å². The van der Waals surface area contributed by atoms with Gasteiger partial charge in [-0.15, -0.1) is 11.3 Å². The molecule has 3 aromatic heterocycles. The average molecular weight is 807 g/mol. The summed E-state index contributed by atoms with van der Waals surface area (Å²) in [6.45, 7) is 0. The normalized spacial score (nSPS) is 11.9. The predicted octanol–water partition coefficient (Wildman–Crippen LogP) is 15.5. The molecule has 0 fully saturated rings. The minimum absolute atomic E-state index is 0.657. The van der Waals surface area contributed by atoms with Crippen molar-refractivity contribution in [3.8, 4) is 51.0 Å². The Morgan fingerprint density at radius 2 is 0.839 bits per heavy atom. The molecule has 0 radical (unpaired) electrons. The third-order valence-corrected chi connectivity index (χ3v) is 13.6. The maximum absolute atomic E-state index is 5.13. The van der Waals surface area contributed by atoms with Gasteiger partial charge in [0.1, 0.15) is 0 Å². The van der Waals surface area contributed by atoms with Crippen LogP contribution in [0, 0.1) is 0 Å². The van der Waals surface area contributed by atoms with E-state index in [0.717, 1.165) is 27.8 Å². The van der Waals surface area contributed by atoms with Gasteiger partial charge < -0.3 is 4.57 Å². The fourth-order valence-electron chi connectivity index (χ4n) is 9.59. The number of hydrogen-bond donors (Lipinski definition) is 0. The summed E-state index contributed by atoms with van der Waals surface area (Å²) in [4.78, 5) is 15.2. The molecule has 10 aromatic carbocycles. The Kier molecular flexibility index (Phi) is 7.74. The average Bonchev–Trinajstić information content (AvgIpc) is 3.89. The summed E-state index contributed by atoms with van der Waals surface area (Å²) < 4.78 is 4.86. The molecule has 0 saturated carbocycles. The summed E-state index contributed by atoms with van der Waals surface area (Å²) in [5, 5.41) is 12.5. The van der Waals surface area contributed by atoms with Gasteiger partial charge in [0, 0.05) is 53.3 Å². The van der Waals surface area contributed by atoms with Gasteiger partial charge in [-0.1, -0.05) is 158 Å². The number of benzene rings is 10. The second-order valence-electron chi connectivity index (χ2n) is 15.9. The number of aromatic nitrogens is 4. The van der Waals surface area contributed by atoms with Gasteiger partial charge in [0.25, 0.3) is 0 Å². The van der Waals surface area contributed by atoms with Crippen molar-refractivity contribution in [1.82, 2.24) is 19.5 Å². The van der Waals surface area contributed by atoms with Crippen LogP contribution in [0.15, 0.2) is 206 Å². The lowest BCUT2D eigenvalue weighted by Gasteiger charge is -2.14. The Morgan fingerprint density at radius 3 is 1.52 bits per heavy atom. The van der Waals surface area contributed by atoms with E-state index >= 15 is 0 Å². The lowest BCUT2D eigenvalue weighted by atomic mass is 9.94. The molecule has 0 aliphatic heterocycles. The first-order valence-corrected chi connectivity index (χ1v) is 21.7. The Morgan fingerprint density at radius 1 is 0.306 bits per heavy atom. The van der Waals surface area contributed by atoms with Gasteiger partial charge in [0.2, 0.25) is 0 Å². The highest BCUT2D eigenvalue weighted by atomic mass is 32.1. The molecule has 0 atom stereocenters. The molecular weight excluding hydrogens is 773 g/mol. The van der Waals surface area contributed by atoms with Crippen molar-refractivity contribution >= 4 is 85.6 Å². The minimum Gasteiger partial charge on any atom is -0.309 e. The molecule has 0 aliphatic carbocycles. The molecule has 5 heteroatoms. The first kappa shape index (κ1) is 34.8. The van der Waals surface area contributed by atoms with E-state index in [-0.39, 0.29) is 0 Å². The molecule has 0 saturated heterocycles. The second kappa shape index (κ2) is 13.8. The molecule has 4 nitrogen and oxygen atoms in total.